The molecule has 2 N–H and O–H groups in total. The predicted octanol–water partition coefficient (Wildman–Crippen LogP) is 3.16. The highest BCUT2D eigenvalue weighted by Crippen LogP contribution is 2.21. The Hall–Kier alpha value is -3.08. The van der Waals surface area contributed by atoms with Gasteiger partial charge in [-0.15, -0.1) is 0 Å². The van der Waals surface area contributed by atoms with Gasteiger partial charge in [-0.2, -0.15) is 0 Å². The smallest absolute Gasteiger partial charge is 0.254 e. The first kappa shape index (κ1) is 14.8. The lowest BCUT2D eigenvalue weighted by molar-refractivity contribution is 0.0996. The Morgan fingerprint density at radius 3 is 2.65 bits per heavy atom. The van der Waals surface area contributed by atoms with Crippen molar-refractivity contribution in [1.29, 1.82) is 0 Å². The quantitative estimate of drug-likeness (QED) is 0.804. The van der Waals surface area contributed by atoms with Crippen LogP contribution in [0.4, 0.5) is 5.69 Å². The monoisotopic (exact) mass is 308 g/mol. The molecule has 5 heteroatoms. The number of para-hydroxylation sites is 1. The topological polar surface area (TPSA) is 77.8 Å². The van der Waals surface area contributed by atoms with Crippen molar-refractivity contribution >= 4 is 22.6 Å². The lowest BCUT2D eigenvalue weighted by Crippen LogP contribution is -2.21. The van der Waals surface area contributed by atoms with Gasteiger partial charge in [0, 0.05) is 11.5 Å². The molecule has 3 aromatic rings. The Morgan fingerprint density at radius 1 is 1.17 bits per heavy atom. The molecule has 0 radical (unpaired) electrons. The van der Waals surface area contributed by atoms with Crippen LogP contribution in [0.15, 0.2) is 64.0 Å². The number of carbonyl (C=O) groups is 1. The average Bonchev–Trinajstić information content (AvgIpc) is 2.55. The second kappa shape index (κ2) is 6.36. The summed E-state index contributed by atoms with van der Waals surface area (Å²) in [4.78, 5) is 16.1. The van der Waals surface area contributed by atoms with Crippen LogP contribution in [0.5, 0.6) is 5.75 Å². The fourth-order valence-corrected chi connectivity index (χ4v) is 2.23. The summed E-state index contributed by atoms with van der Waals surface area (Å²) in [7, 11) is 0. The van der Waals surface area contributed by atoms with Crippen molar-refractivity contribution in [1.82, 2.24) is 0 Å². The SMILES string of the molecule is CCOc1ccc2cc(C(N)=O)c(=Nc3ccccc3)oc2c1. The van der Waals surface area contributed by atoms with E-state index in [1.165, 1.54) is 0 Å². The largest absolute Gasteiger partial charge is 0.494 e. The fraction of sp³-hybridized carbons (Fsp3) is 0.111. The zero-order valence-corrected chi connectivity index (χ0v) is 12.7. The molecule has 23 heavy (non-hydrogen) atoms. The number of hydrogen-bond donors (Lipinski definition) is 1. The molecule has 0 aliphatic heterocycles. The molecule has 116 valence electrons. The second-order valence-corrected chi connectivity index (χ2v) is 4.91. The van der Waals surface area contributed by atoms with Crippen LogP contribution < -0.4 is 16.0 Å². The molecular formula is C18H16N2O3. The van der Waals surface area contributed by atoms with E-state index in [9.17, 15) is 4.79 Å². The molecule has 5 nitrogen and oxygen atoms in total. The van der Waals surface area contributed by atoms with Crippen LogP contribution in [-0.2, 0) is 0 Å². The molecule has 0 aliphatic rings. The average molecular weight is 308 g/mol. The molecule has 0 bridgehead atoms. The van der Waals surface area contributed by atoms with E-state index in [1.807, 2.05) is 49.4 Å². The number of primary amides is 1. The van der Waals surface area contributed by atoms with Gasteiger partial charge in [-0.3, -0.25) is 4.79 Å². The van der Waals surface area contributed by atoms with Crippen LogP contribution >= 0.6 is 0 Å². The molecular weight excluding hydrogens is 292 g/mol. The van der Waals surface area contributed by atoms with E-state index in [4.69, 9.17) is 14.9 Å². The summed E-state index contributed by atoms with van der Waals surface area (Å²) in [6, 6.07) is 16.3. The first-order valence-electron chi connectivity index (χ1n) is 7.27. The molecule has 0 saturated heterocycles. The van der Waals surface area contributed by atoms with E-state index in [-0.39, 0.29) is 11.1 Å². The van der Waals surface area contributed by atoms with E-state index < -0.39 is 5.91 Å². The van der Waals surface area contributed by atoms with Crippen molar-refractivity contribution in [3.05, 3.63) is 65.7 Å². The third-order valence-electron chi connectivity index (χ3n) is 3.29. The normalized spacial score (nSPS) is 11.6. The highest BCUT2D eigenvalue weighted by atomic mass is 16.5. The molecule has 1 amide bonds. The highest BCUT2D eigenvalue weighted by molar-refractivity contribution is 5.95. The van der Waals surface area contributed by atoms with Gasteiger partial charge in [0.1, 0.15) is 16.9 Å². The van der Waals surface area contributed by atoms with E-state index >= 15 is 0 Å². The molecule has 1 heterocycles. The maximum atomic E-state index is 11.7. The Morgan fingerprint density at radius 2 is 1.96 bits per heavy atom. The Balaban J connectivity index is 2.23. The van der Waals surface area contributed by atoms with Gasteiger partial charge in [-0.1, -0.05) is 18.2 Å². The number of ether oxygens (including phenoxy) is 1. The number of nitrogens with zero attached hydrogens (tertiary/aromatic N) is 1. The highest BCUT2D eigenvalue weighted by Gasteiger charge is 2.10. The third kappa shape index (κ3) is 3.23. The maximum Gasteiger partial charge on any atom is 0.254 e. The van der Waals surface area contributed by atoms with E-state index in [2.05, 4.69) is 4.99 Å². The zero-order valence-electron chi connectivity index (χ0n) is 12.7. The zero-order chi connectivity index (χ0) is 16.2. The lowest BCUT2D eigenvalue weighted by Gasteiger charge is -2.05. The molecule has 0 fully saturated rings. The predicted molar refractivity (Wildman–Crippen MR) is 87.6 cm³/mol. The van der Waals surface area contributed by atoms with Crippen molar-refractivity contribution in [2.75, 3.05) is 6.61 Å². The minimum atomic E-state index is -0.584. The minimum absolute atomic E-state index is 0.185. The number of amides is 1. The minimum Gasteiger partial charge on any atom is -0.494 e. The number of benzene rings is 2. The van der Waals surface area contributed by atoms with Crippen LogP contribution in [0.3, 0.4) is 0 Å². The van der Waals surface area contributed by atoms with Crippen molar-refractivity contribution in [3.63, 3.8) is 0 Å². The van der Waals surface area contributed by atoms with Gasteiger partial charge in [0.05, 0.1) is 12.3 Å². The van der Waals surface area contributed by atoms with Crippen LogP contribution in [0.25, 0.3) is 11.0 Å². The molecule has 0 aliphatic carbocycles. The van der Waals surface area contributed by atoms with Crippen LogP contribution in [0.2, 0.25) is 0 Å². The van der Waals surface area contributed by atoms with Gasteiger partial charge >= 0.3 is 0 Å². The van der Waals surface area contributed by atoms with Gasteiger partial charge < -0.3 is 14.9 Å². The standard InChI is InChI=1S/C18H16N2O3/c1-2-22-14-9-8-12-10-15(17(19)21)18(23-16(12)11-14)20-13-6-4-3-5-7-13/h3-11H,2H2,1H3,(H2,19,21). The molecule has 2 aromatic carbocycles. The summed E-state index contributed by atoms with van der Waals surface area (Å²) in [5, 5.41) is 0.759. The second-order valence-electron chi connectivity index (χ2n) is 4.91. The van der Waals surface area contributed by atoms with Crippen molar-refractivity contribution < 1.29 is 13.9 Å². The summed E-state index contributed by atoms with van der Waals surface area (Å²) < 4.78 is 11.3. The number of carbonyl (C=O) groups excluding carboxylic acids is 1. The molecule has 0 spiro atoms. The maximum absolute atomic E-state index is 11.7. The van der Waals surface area contributed by atoms with Crippen LogP contribution in [-0.4, -0.2) is 12.5 Å². The number of hydrogen-bond acceptors (Lipinski definition) is 4. The number of fused-ring (bicyclic) bond motifs is 1. The summed E-state index contributed by atoms with van der Waals surface area (Å²) in [5.74, 6) is 0.112. The number of rotatable bonds is 4. The van der Waals surface area contributed by atoms with Crippen molar-refractivity contribution in [2.45, 2.75) is 6.92 Å². The van der Waals surface area contributed by atoms with E-state index in [0.717, 1.165) is 5.39 Å². The Bertz CT molecular complexity index is 914. The first-order chi connectivity index (χ1) is 11.2. The summed E-state index contributed by atoms with van der Waals surface area (Å²) >= 11 is 0. The van der Waals surface area contributed by atoms with E-state index in [1.54, 1.807) is 12.1 Å². The van der Waals surface area contributed by atoms with Gasteiger partial charge in [0.2, 0.25) is 5.55 Å². The van der Waals surface area contributed by atoms with Crippen LogP contribution in [0, 0.1) is 0 Å². The van der Waals surface area contributed by atoms with Gasteiger partial charge in [-0.25, -0.2) is 4.99 Å². The summed E-state index contributed by atoms with van der Waals surface area (Å²) in [5.41, 5.74) is 7.14. The Labute approximate surface area is 133 Å². The molecule has 3 rings (SSSR count). The van der Waals surface area contributed by atoms with Gasteiger partial charge in [0.15, 0.2) is 0 Å². The molecule has 0 unspecified atom stereocenters. The Kier molecular flexibility index (Phi) is 4.10. The molecule has 0 saturated carbocycles. The van der Waals surface area contributed by atoms with Gasteiger partial charge in [-0.05, 0) is 37.3 Å². The molecule has 1 aromatic heterocycles. The van der Waals surface area contributed by atoms with Crippen LogP contribution in [0.1, 0.15) is 17.3 Å². The first-order valence-corrected chi connectivity index (χ1v) is 7.27. The lowest BCUT2D eigenvalue weighted by atomic mass is 10.1. The van der Waals surface area contributed by atoms with E-state index in [0.29, 0.717) is 23.6 Å². The third-order valence-corrected chi connectivity index (χ3v) is 3.29. The van der Waals surface area contributed by atoms with Crippen molar-refractivity contribution in [3.8, 4) is 5.75 Å². The number of nitrogens with two attached hydrogens (primary N) is 1. The molecule has 0 atom stereocenters. The summed E-state index contributed by atoms with van der Waals surface area (Å²) in [6.07, 6.45) is 0. The van der Waals surface area contributed by atoms with Crippen molar-refractivity contribution in [2.24, 2.45) is 10.7 Å². The summed E-state index contributed by atoms with van der Waals surface area (Å²) in [6.45, 7) is 2.47. The van der Waals surface area contributed by atoms with Gasteiger partial charge in [0.25, 0.3) is 5.91 Å². The fourth-order valence-electron chi connectivity index (χ4n) is 2.23.